The van der Waals surface area contributed by atoms with Gasteiger partial charge in [0.25, 0.3) is 0 Å². The van der Waals surface area contributed by atoms with E-state index in [-0.39, 0.29) is 6.04 Å². The second-order valence-corrected chi connectivity index (χ2v) is 6.95. The average Bonchev–Trinajstić information content (AvgIpc) is 2.61. The van der Waals surface area contributed by atoms with Crippen molar-refractivity contribution >= 4 is 5.91 Å². The lowest BCUT2D eigenvalue weighted by atomic mass is 9.75. The summed E-state index contributed by atoms with van der Waals surface area (Å²) in [6, 6.07) is 0.0668. The van der Waals surface area contributed by atoms with E-state index in [2.05, 4.69) is 31.0 Å². The molecule has 1 saturated heterocycles. The topological polar surface area (TPSA) is 32.3 Å². The summed E-state index contributed by atoms with van der Waals surface area (Å²) in [5.74, 6) is 0.909. The van der Waals surface area contributed by atoms with Crippen LogP contribution in [0.2, 0.25) is 0 Å². The van der Waals surface area contributed by atoms with Gasteiger partial charge in [-0.05, 0) is 30.6 Å². The molecule has 1 atom stereocenters. The Morgan fingerprint density at radius 2 is 2.00 bits per heavy atom. The molecule has 1 amide bonds. The number of nitrogens with one attached hydrogen (secondary N) is 1. The molecule has 0 aromatic heterocycles. The van der Waals surface area contributed by atoms with Gasteiger partial charge in [-0.1, -0.05) is 40.0 Å². The van der Waals surface area contributed by atoms with Crippen molar-refractivity contribution in [3.63, 3.8) is 0 Å². The highest BCUT2D eigenvalue weighted by Crippen LogP contribution is 2.36. The second-order valence-electron chi connectivity index (χ2n) is 6.95. The number of nitrogens with zero attached hydrogens (tertiary/aromatic N) is 1. The zero-order valence-corrected chi connectivity index (χ0v) is 12.2. The molecule has 2 aliphatic rings. The highest BCUT2D eigenvalue weighted by molar-refractivity contribution is 5.83. The molecule has 104 valence electrons. The normalized spacial score (nSPS) is 28.1. The maximum Gasteiger partial charge on any atom is 0.240 e. The van der Waals surface area contributed by atoms with Crippen molar-refractivity contribution in [3.05, 3.63) is 0 Å². The van der Waals surface area contributed by atoms with Gasteiger partial charge in [0, 0.05) is 6.54 Å². The third-order valence-corrected chi connectivity index (χ3v) is 4.48. The van der Waals surface area contributed by atoms with Gasteiger partial charge in [-0.2, -0.15) is 0 Å². The fraction of sp³-hybridized carbons (Fsp3) is 0.933. The van der Waals surface area contributed by atoms with E-state index in [9.17, 15) is 4.79 Å². The molecule has 1 unspecified atom stereocenters. The van der Waals surface area contributed by atoms with Gasteiger partial charge in [-0.3, -0.25) is 10.1 Å². The van der Waals surface area contributed by atoms with Crippen LogP contribution >= 0.6 is 0 Å². The number of rotatable bonds is 4. The molecule has 3 nitrogen and oxygen atoms in total. The average molecular weight is 252 g/mol. The summed E-state index contributed by atoms with van der Waals surface area (Å²) in [6.07, 6.45) is 7.57. The first-order chi connectivity index (χ1) is 8.50. The maximum atomic E-state index is 12.3. The third-order valence-electron chi connectivity index (χ3n) is 4.48. The summed E-state index contributed by atoms with van der Waals surface area (Å²) in [6.45, 7) is 8.43. The summed E-state index contributed by atoms with van der Waals surface area (Å²) in [7, 11) is 0. The van der Waals surface area contributed by atoms with Crippen molar-refractivity contribution < 1.29 is 4.79 Å². The van der Waals surface area contributed by atoms with Gasteiger partial charge in [-0.25, -0.2) is 0 Å². The monoisotopic (exact) mass is 252 g/mol. The van der Waals surface area contributed by atoms with Crippen LogP contribution in [0.1, 0.15) is 59.3 Å². The van der Waals surface area contributed by atoms with Crippen molar-refractivity contribution in [1.82, 2.24) is 10.2 Å². The molecule has 18 heavy (non-hydrogen) atoms. The van der Waals surface area contributed by atoms with Crippen molar-refractivity contribution in [2.45, 2.75) is 65.3 Å². The quantitative estimate of drug-likeness (QED) is 0.834. The first-order valence-corrected chi connectivity index (χ1v) is 7.52. The zero-order chi connectivity index (χ0) is 13.2. The number of hydrogen-bond donors (Lipinski definition) is 1. The van der Waals surface area contributed by atoms with Crippen LogP contribution in [0, 0.1) is 11.3 Å². The van der Waals surface area contributed by atoms with Gasteiger partial charge >= 0.3 is 0 Å². The lowest BCUT2D eigenvalue weighted by Crippen LogP contribution is -2.39. The van der Waals surface area contributed by atoms with E-state index in [1.54, 1.807) is 0 Å². The Labute approximate surface area is 111 Å². The van der Waals surface area contributed by atoms with Gasteiger partial charge < -0.3 is 4.90 Å². The Bertz CT molecular complexity index is 295. The van der Waals surface area contributed by atoms with Gasteiger partial charge in [0.15, 0.2) is 0 Å². The highest BCUT2D eigenvalue weighted by Gasteiger charge is 2.36. The molecular formula is C15H28N2O. The van der Waals surface area contributed by atoms with Gasteiger partial charge in [0.2, 0.25) is 5.91 Å². The Morgan fingerprint density at radius 3 is 2.61 bits per heavy atom. The van der Waals surface area contributed by atoms with E-state index < -0.39 is 0 Å². The predicted molar refractivity (Wildman–Crippen MR) is 74.2 cm³/mol. The minimum atomic E-state index is 0.0668. The molecule has 1 aliphatic carbocycles. The van der Waals surface area contributed by atoms with Crippen LogP contribution in [0.15, 0.2) is 0 Å². The SMILES string of the molecule is CC(C)CC1NCN(CC2(C)CCCCC2)C1=O. The van der Waals surface area contributed by atoms with E-state index in [4.69, 9.17) is 0 Å². The van der Waals surface area contributed by atoms with E-state index in [0.29, 0.717) is 17.2 Å². The van der Waals surface area contributed by atoms with Crippen LogP contribution in [-0.2, 0) is 4.79 Å². The Balaban J connectivity index is 1.89. The van der Waals surface area contributed by atoms with Crippen LogP contribution in [-0.4, -0.2) is 30.1 Å². The van der Waals surface area contributed by atoms with Crippen LogP contribution < -0.4 is 5.32 Å². The largest absolute Gasteiger partial charge is 0.328 e. The standard InChI is InChI=1S/C15H28N2O/c1-12(2)9-13-14(18)17(11-16-13)10-15(3)7-5-4-6-8-15/h12-13,16H,4-11H2,1-3H3. The molecule has 0 aromatic rings. The minimum Gasteiger partial charge on any atom is -0.328 e. The van der Waals surface area contributed by atoms with Gasteiger partial charge in [0.1, 0.15) is 0 Å². The van der Waals surface area contributed by atoms with Gasteiger partial charge in [-0.15, -0.1) is 0 Å². The summed E-state index contributed by atoms with van der Waals surface area (Å²) >= 11 is 0. The van der Waals surface area contributed by atoms with Crippen LogP contribution in [0.4, 0.5) is 0 Å². The lowest BCUT2D eigenvalue weighted by molar-refractivity contribution is -0.130. The maximum absolute atomic E-state index is 12.3. The Hall–Kier alpha value is -0.570. The van der Waals surface area contributed by atoms with Crippen molar-refractivity contribution in [1.29, 1.82) is 0 Å². The first-order valence-electron chi connectivity index (χ1n) is 7.52. The molecule has 1 saturated carbocycles. The minimum absolute atomic E-state index is 0.0668. The molecule has 0 radical (unpaired) electrons. The molecule has 3 heteroatoms. The number of carbonyl (C=O) groups excluding carboxylic acids is 1. The molecule has 2 rings (SSSR count). The van der Waals surface area contributed by atoms with Gasteiger partial charge in [0.05, 0.1) is 12.7 Å². The first kappa shape index (κ1) is 13.9. The molecular weight excluding hydrogens is 224 g/mol. The summed E-state index contributed by atoms with van der Waals surface area (Å²) in [5.41, 5.74) is 0.363. The van der Waals surface area contributed by atoms with Crippen LogP contribution in [0.5, 0.6) is 0 Å². The molecule has 2 fully saturated rings. The predicted octanol–water partition coefficient (Wildman–Crippen LogP) is 2.76. The third kappa shape index (κ3) is 3.25. The van der Waals surface area contributed by atoms with Crippen molar-refractivity contribution in [2.75, 3.05) is 13.2 Å². The molecule has 1 N–H and O–H groups in total. The molecule has 0 aromatic carbocycles. The molecule has 1 aliphatic heterocycles. The smallest absolute Gasteiger partial charge is 0.240 e. The fourth-order valence-electron chi connectivity index (χ4n) is 3.42. The molecule has 0 spiro atoms. The van der Waals surface area contributed by atoms with E-state index in [0.717, 1.165) is 19.6 Å². The molecule has 1 heterocycles. The number of amides is 1. The van der Waals surface area contributed by atoms with Crippen molar-refractivity contribution in [3.8, 4) is 0 Å². The van der Waals surface area contributed by atoms with Crippen molar-refractivity contribution in [2.24, 2.45) is 11.3 Å². The van der Waals surface area contributed by atoms with Crippen LogP contribution in [0.25, 0.3) is 0 Å². The summed E-state index contributed by atoms with van der Waals surface area (Å²) < 4.78 is 0. The fourth-order valence-corrected chi connectivity index (χ4v) is 3.42. The van der Waals surface area contributed by atoms with Crippen LogP contribution in [0.3, 0.4) is 0 Å². The van der Waals surface area contributed by atoms with E-state index in [1.807, 2.05) is 0 Å². The Morgan fingerprint density at radius 1 is 1.33 bits per heavy atom. The van der Waals surface area contributed by atoms with E-state index in [1.165, 1.54) is 32.1 Å². The molecule has 0 bridgehead atoms. The Kier molecular flexibility index (Phi) is 4.31. The summed E-state index contributed by atoms with van der Waals surface area (Å²) in [4.78, 5) is 14.4. The lowest BCUT2D eigenvalue weighted by Gasteiger charge is -2.36. The second kappa shape index (κ2) is 5.60. The number of hydrogen-bond acceptors (Lipinski definition) is 2. The van der Waals surface area contributed by atoms with E-state index >= 15 is 0 Å². The summed E-state index contributed by atoms with van der Waals surface area (Å²) in [5, 5.41) is 3.37. The zero-order valence-electron chi connectivity index (χ0n) is 12.2. The number of carbonyl (C=O) groups is 1. The highest BCUT2D eigenvalue weighted by atomic mass is 16.2.